The third kappa shape index (κ3) is 7.58. The fourth-order valence-corrected chi connectivity index (χ4v) is 4.61. The number of sulfonamides is 1. The number of carbonyl (C=O) groups excluding carboxylic acids is 2. The Morgan fingerprint density at radius 1 is 1.00 bits per heavy atom. The molecule has 7 nitrogen and oxygen atoms in total. The average Bonchev–Trinajstić information content (AvgIpc) is 2.71. The Balaban J connectivity index is 2.46. The molecule has 2 aromatic rings. The van der Waals surface area contributed by atoms with E-state index in [0.717, 1.165) is 27.3 Å². The zero-order chi connectivity index (χ0) is 25.7. The van der Waals surface area contributed by atoms with Crippen LogP contribution < -0.4 is 9.62 Å². The van der Waals surface area contributed by atoms with Crippen LogP contribution in [0.3, 0.4) is 0 Å². The number of nitrogens with zero attached hydrogens (tertiary/aromatic N) is 2. The van der Waals surface area contributed by atoms with Crippen LogP contribution >= 0.6 is 0 Å². The van der Waals surface area contributed by atoms with Gasteiger partial charge in [-0.1, -0.05) is 55.0 Å². The highest BCUT2D eigenvalue weighted by Crippen LogP contribution is 2.23. The Bertz CT molecular complexity index is 1110. The molecule has 0 bridgehead atoms. The lowest BCUT2D eigenvalue weighted by Gasteiger charge is -2.34. The van der Waals surface area contributed by atoms with Crippen LogP contribution in [0.1, 0.15) is 50.8 Å². The van der Waals surface area contributed by atoms with Crippen molar-refractivity contribution >= 4 is 27.5 Å². The van der Waals surface area contributed by atoms with Crippen molar-refractivity contribution in [2.75, 3.05) is 17.1 Å². The van der Waals surface area contributed by atoms with E-state index in [4.69, 9.17) is 0 Å². The second-order valence-corrected chi connectivity index (χ2v) is 11.6. The van der Waals surface area contributed by atoms with E-state index < -0.39 is 34.1 Å². The Kier molecular flexibility index (Phi) is 8.89. The minimum absolute atomic E-state index is 0.195. The second-order valence-electron chi connectivity index (χ2n) is 9.73. The van der Waals surface area contributed by atoms with Crippen molar-refractivity contribution in [1.29, 1.82) is 0 Å². The van der Waals surface area contributed by atoms with Gasteiger partial charge in [0.15, 0.2) is 0 Å². The number of para-hydroxylation sites is 1. The van der Waals surface area contributed by atoms with Gasteiger partial charge in [-0.05, 0) is 58.2 Å². The van der Waals surface area contributed by atoms with Crippen LogP contribution in [0.25, 0.3) is 0 Å². The Morgan fingerprint density at radius 2 is 1.59 bits per heavy atom. The van der Waals surface area contributed by atoms with Gasteiger partial charge in [-0.3, -0.25) is 13.9 Å². The number of amides is 2. The normalized spacial score (nSPS) is 12.7. The molecule has 2 aromatic carbocycles. The van der Waals surface area contributed by atoms with E-state index in [1.807, 2.05) is 65.0 Å². The summed E-state index contributed by atoms with van der Waals surface area (Å²) >= 11 is 0. The Labute approximate surface area is 204 Å². The molecule has 2 rings (SSSR count). The van der Waals surface area contributed by atoms with E-state index in [2.05, 4.69) is 5.32 Å². The first-order valence-corrected chi connectivity index (χ1v) is 13.3. The molecule has 0 heterocycles. The molecule has 0 saturated heterocycles. The third-order valence-corrected chi connectivity index (χ3v) is 6.55. The number of nitrogens with one attached hydrogen (secondary N) is 1. The van der Waals surface area contributed by atoms with Crippen molar-refractivity contribution in [3.05, 3.63) is 65.2 Å². The summed E-state index contributed by atoms with van der Waals surface area (Å²) in [5.74, 6) is -0.706. The van der Waals surface area contributed by atoms with Crippen molar-refractivity contribution in [2.45, 2.75) is 66.1 Å². The zero-order valence-electron chi connectivity index (χ0n) is 21.3. The molecule has 2 amide bonds. The van der Waals surface area contributed by atoms with Gasteiger partial charge in [-0.25, -0.2) is 8.42 Å². The Hall–Kier alpha value is -2.87. The van der Waals surface area contributed by atoms with Crippen molar-refractivity contribution in [2.24, 2.45) is 0 Å². The van der Waals surface area contributed by atoms with Gasteiger partial charge in [0.2, 0.25) is 21.8 Å². The lowest BCUT2D eigenvalue weighted by atomic mass is 10.1. The van der Waals surface area contributed by atoms with Gasteiger partial charge in [0.1, 0.15) is 12.6 Å². The van der Waals surface area contributed by atoms with Gasteiger partial charge >= 0.3 is 0 Å². The molecule has 1 atom stereocenters. The predicted octanol–water partition coefficient (Wildman–Crippen LogP) is 3.79. The first-order chi connectivity index (χ1) is 15.7. The van der Waals surface area contributed by atoms with E-state index in [1.165, 1.54) is 4.90 Å². The monoisotopic (exact) mass is 487 g/mol. The Morgan fingerprint density at radius 3 is 2.09 bits per heavy atom. The summed E-state index contributed by atoms with van der Waals surface area (Å²) in [5.41, 5.74) is 2.66. The molecule has 186 valence electrons. The molecule has 0 saturated carbocycles. The molecule has 0 aliphatic rings. The molecule has 0 spiro atoms. The van der Waals surface area contributed by atoms with Gasteiger partial charge in [0.25, 0.3) is 0 Å². The maximum atomic E-state index is 13.7. The highest BCUT2D eigenvalue weighted by molar-refractivity contribution is 7.92. The van der Waals surface area contributed by atoms with E-state index >= 15 is 0 Å². The average molecular weight is 488 g/mol. The summed E-state index contributed by atoms with van der Waals surface area (Å²) in [5, 5.41) is 2.96. The quantitative estimate of drug-likeness (QED) is 0.583. The molecule has 34 heavy (non-hydrogen) atoms. The first kappa shape index (κ1) is 27.4. The second kappa shape index (κ2) is 11.0. The van der Waals surface area contributed by atoms with Crippen LogP contribution in [0.4, 0.5) is 5.69 Å². The molecule has 0 aliphatic heterocycles. The molecule has 1 N–H and O–H groups in total. The predicted molar refractivity (Wildman–Crippen MR) is 137 cm³/mol. The van der Waals surface area contributed by atoms with Crippen molar-refractivity contribution in [3.63, 3.8) is 0 Å². The lowest BCUT2D eigenvalue weighted by molar-refractivity contribution is -0.141. The highest BCUT2D eigenvalue weighted by Gasteiger charge is 2.33. The summed E-state index contributed by atoms with van der Waals surface area (Å²) in [6.45, 7) is 11.1. The number of carbonyl (C=O) groups is 2. The van der Waals surface area contributed by atoms with Gasteiger partial charge in [0.05, 0.1) is 11.9 Å². The number of benzene rings is 2. The van der Waals surface area contributed by atoms with E-state index in [-0.39, 0.29) is 12.5 Å². The number of rotatable bonds is 9. The highest BCUT2D eigenvalue weighted by atomic mass is 32.2. The summed E-state index contributed by atoms with van der Waals surface area (Å²) < 4.78 is 26.5. The fourth-order valence-electron chi connectivity index (χ4n) is 3.70. The lowest BCUT2D eigenvalue weighted by Crippen LogP contribution is -2.55. The maximum Gasteiger partial charge on any atom is 0.244 e. The van der Waals surface area contributed by atoms with E-state index in [1.54, 1.807) is 25.1 Å². The topological polar surface area (TPSA) is 86.8 Å². The molecule has 0 aliphatic carbocycles. The van der Waals surface area contributed by atoms with Crippen LogP contribution in [0.15, 0.2) is 48.5 Å². The molecule has 0 unspecified atom stereocenters. The van der Waals surface area contributed by atoms with Crippen LogP contribution in [0, 0.1) is 13.8 Å². The van der Waals surface area contributed by atoms with Crippen molar-refractivity contribution in [1.82, 2.24) is 10.2 Å². The largest absolute Gasteiger partial charge is 0.350 e. The standard InChI is InChI=1S/C26H37N3O4S/c1-8-22(25(31)27-26(4,5)6)28(17-21-15-13-19(2)14-16-21)24(30)18-29(34(7,32)33)23-12-10-9-11-20(23)3/h9-16,22H,8,17-18H2,1-7H3,(H,27,31)/t22-/m1/s1. The summed E-state index contributed by atoms with van der Waals surface area (Å²) in [4.78, 5) is 28.3. The summed E-state index contributed by atoms with van der Waals surface area (Å²) in [7, 11) is -3.74. The van der Waals surface area contributed by atoms with Gasteiger partial charge in [-0.15, -0.1) is 0 Å². The number of hydrogen-bond acceptors (Lipinski definition) is 4. The SMILES string of the molecule is CC[C@H](C(=O)NC(C)(C)C)N(Cc1ccc(C)cc1)C(=O)CN(c1ccccc1C)S(C)(=O)=O. The summed E-state index contributed by atoms with van der Waals surface area (Å²) in [6.07, 6.45) is 1.48. The van der Waals surface area contributed by atoms with E-state index in [9.17, 15) is 18.0 Å². The van der Waals surface area contributed by atoms with Crippen LogP contribution in [-0.2, 0) is 26.2 Å². The van der Waals surface area contributed by atoms with E-state index in [0.29, 0.717) is 12.1 Å². The minimum atomic E-state index is -3.74. The van der Waals surface area contributed by atoms with Gasteiger partial charge in [-0.2, -0.15) is 0 Å². The molecule has 8 heteroatoms. The number of aryl methyl sites for hydroxylation is 2. The van der Waals surface area contributed by atoms with Crippen LogP contribution in [0.5, 0.6) is 0 Å². The number of anilines is 1. The maximum absolute atomic E-state index is 13.7. The molecule has 0 radical (unpaired) electrons. The molecule has 0 fully saturated rings. The van der Waals surface area contributed by atoms with Crippen LogP contribution in [-0.4, -0.2) is 49.5 Å². The number of hydrogen-bond donors (Lipinski definition) is 1. The van der Waals surface area contributed by atoms with Crippen molar-refractivity contribution in [3.8, 4) is 0 Å². The summed E-state index contributed by atoms with van der Waals surface area (Å²) in [6, 6.07) is 14.0. The van der Waals surface area contributed by atoms with Gasteiger partial charge in [0, 0.05) is 12.1 Å². The third-order valence-electron chi connectivity index (χ3n) is 5.42. The van der Waals surface area contributed by atoms with Crippen molar-refractivity contribution < 1.29 is 18.0 Å². The first-order valence-electron chi connectivity index (χ1n) is 11.4. The fraction of sp³-hybridized carbons (Fsp3) is 0.462. The van der Waals surface area contributed by atoms with Crippen LogP contribution in [0.2, 0.25) is 0 Å². The molecular weight excluding hydrogens is 450 g/mol. The molecule has 0 aromatic heterocycles. The molecular formula is C26H37N3O4S. The smallest absolute Gasteiger partial charge is 0.244 e. The minimum Gasteiger partial charge on any atom is -0.350 e. The zero-order valence-corrected chi connectivity index (χ0v) is 22.1. The van der Waals surface area contributed by atoms with Gasteiger partial charge < -0.3 is 10.2 Å².